The number of ether oxygens (including phenoxy) is 1. The van der Waals surface area contributed by atoms with Gasteiger partial charge >= 0.3 is 0 Å². The quantitative estimate of drug-likeness (QED) is 0.463. The predicted octanol–water partition coefficient (Wildman–Crippen LogP) is 4.67. The van der Waals surface area contributed by atoms with Crippen LogP contribution in [0.1, 0.15) is 35.7 Å². The highest BCUT2D eigenvalue weighted by atomic mass is 16.5. The van der Waals surface area contributed by atoms with Crippen LogP contribution in [0.4, 0.5) is 0 Å². The third kappa shape index (κ3) is 4.02. The van der Waals surface area contributed by atoms with Gasteiger partial charge < -0.3 is 9.30 Å². The first-order chi connectivity index (χ1) is 15.5. The summed E-state index contributed by atoms with van der Waals surface area (Å²) >= 11 is 0. The SMILES string of the molecule is COc1ccc2c(CN3CCC[C@H](c4cc(-c5cnn(C)c5)cc(C)n4)C3)cn(C)c2c1. The van der Waals surface area contributed by atoms with Crippen LogP contribution in [0, 0.1) is 6.92 Å². The molecule has 4 heterocycles. The molecule has 0 N–H and O–H groups in total. The van der Waals surface area contributed by atoms with Crippen LogP contribution >= 0.6 is 0 Å². The van der Waals surface area contributed by atoms with Crippen molar-refractivity contribution < 1.29 is 4.74 Å². The average Bonchev–Trinajstić information content (AvgIpc) is 3.36. The first-order valence-electron chi connectivity index (χ1n) is 11.3. The molecule has 1 aliphatic heterocycles. The fourth-order valence-corrected chi connectivity index (χ4v) is 5.02. The molecule has 4 aromatic rings. The molecule has 0 saturated carbocycles. The Morgan fingerprint density at radius 1 is 1.09 bits per heavy atom. The molecule has 0 aliphatic carbocycles. The van der Waals surface area contributed by atoms with Crippen molar-refractivity contribution in [2.45, 2.75) is 32.2 Å². The molecule has 0 amide bonds. The van der Waals surface area contributed by atoms with Crippen LogP contribution in [-0.2, 0) is 20.6 Å². The number of nitrogens with zero attached hydrogens (tertiary/aromatic N) is 5. The van der Waals surface area contributed by atoms with Crippen molar-refractivity contribution in [2.75, 3.05) is 20.2 Å². The van der Waals surface area contributed by atoms with Crippen LogP contribution in [0.3, 0.4) is 0 Å². The molecule has 5 rings (SSSR count). The monoisotopic (exact) mass is 429 g/mol. The van der Waals surface area contributed by atoms with Crippen LogP contribution in [-0.4, -0.2) is 44.4 Å². The number of aromatic nitrogens is 4. The van der Waals surface area contributed by atoms with E-state index in [9.17, 15) is 0 Å². The second-order valence-electron chi connectivity index (χ2n) is 9.05. The Kier molecular flexibility index (Phi) is 5.47. The van der Waals surface area contributed by atoms with E-state index in [2.05, 4.69) is 71.3 Å². The Bertz CT molecular complexity index is 1250. The van der Waals surface area contributed by atoms with Gasteiger partial charge in [-0.3, -0.25) is 14.6 Å². The zero-order chi connectivity index (χ0) is 22.2. The van der Waals surface area contributed by atoms with Crippen molar-refractivity contribution in [3.05, 3.63) is 65.9 Å². The minimum absolute atomic E-state index is 0.453. The van der Waals surface area contributed by atoms with Crippen LogP contribution in [0.15, 0.2) is 48.9 Å². The maximum Gasteiger partial charge on any atom is 0.120 e. The van der Waals surface area contributed by atoms with E-state index < -0.39 is 0 Å². The molecule has 1 atom stereocenters. The predicted molar refractivity (Wildman–Crippen MR) is 128 cm³/mol. The summed E-state index contributed by atoms with van der Waals surface area (Å²) < 4.78 is 9.48. The van der Waals surface area contributed by atoms with Crippen molar-refractivity contribution in [3.63, 3.8) is 0 Å². The highest BCUT2D eigenvalue weighted by Crippen LogP contribution is 2.32. The first-order valence-corrected chi connectivity index (χ1v) is 11.3. The van der Waals surface area contributed by atoms with E-state index in [1.807, 2.05) is 17.9 Å². The van der Waals surface area contributed by atoms with Gasteiger partial charge in [-0.15, -0.1) is 0 Å². The van der Waals surface area contributed by atoms with E-state index in [4.69, 9.17) is 9.72 Å². The van der Waals surface area contributed by atoms with Crippen LogP contribution in [0.2, 0.25) is 0 Å². The minimum Gasteiger partial charge on any atom is -0.497 e. The van der Waals surface area contributed by atoms with Crippen LogP contribution < -0.4 is 4.74 Å². The van der Waals surface area contributed by atoms with Gasteiger partial charge in [0.1, 0.15) is 5.75 Å². The number of methoxy groups -OCH3 is 1. The fourth-order valence-electron chi connectivity index (χ4n) is 5.02. The smallest absolute Gasteiger partial charge is 0.120 e. The van der Waals surface area contributed by atoms with Crippen molar-refractivity contribution in [3.8, 4) is 16.9 Å². The lowest BCUT2D eigenvalue weighted by atomic mass is 9.92. The van der Waals surface area contributed by atoms with E-state index in [0.717, 1.165) is 36.6 Å². The number of fused-ring (bicyclic) bond motifs is 1. The molecule has 1 saturated heterocycles. The Balaban J connectivity index is 1.37. The summed E-state index contributed by atoms with van der Waals surface area (Å²) in [4.78, 5) is 7.52. The first kappa shape index (κ1) is 20.8. The van der Waals surface area contributed by atoms with Gasteiger partial charge in [-0.2, -0.15) is 5.10 Å². The van der Waals surface area contributed by atoms with Crippen molar-refractivity contribution in [2.24, 2.45) is 14.1 Å². The molecular weight excluding hydrogens is 398 g/mol. The van der Waals surface area contributed by atoms with Gasteiger partial charge in [0.25, 0.3) is 0 Å². The van der Waals surface area contributed by atoms with Crippen molar-refractivity contribution in [1.29, 1.82) is 0 Å². The lowest BCUT2D eigenvalue weighted by Gasteiger charge is -2.32. The summed E-state index contributed by atoms with van der Waals surface area (Å²) in [5.41, 5.74) is 7.23. The molecule has 0 spiro atoms. The second-order valence-corrected chi connectivity index (χ2v) is 9.05. The third-order valence-corrected chi connectivity index (χ3v) is 6.61. The van der Waals surface area contributed by atoms with Gasteiger partial charge in [-0.05, 0) is 61.7 Å². The van der Waals surface area contributed by atoms with Crippen LogP contribution in [0.5, 0.6) is 5.75 Å². The van der Waals surface area contributed by atoms with Gasteiger partial charge in [0.2, 0.25) is 0 Å². The molecule has 0 unspecified atom stereocenters. The molecule has 0 radical (unpaired) electrons. The van der Waals surface area contributed by atoms with Gasteiger partial charge in [-0.1, -0.05) is 0 Å². The summed E-state index contributed by atoms with van der Waals surface area (Å²) in [6.45, 7) is 5.22. The molecule has 6 nitrogen and oxygen atoms in total. The number of pyridine rings is 1. The highest BCUT2D eigenvalue weighted by molar-refractivity contribution is 5.85. The van der Waals surface area contributed by atoms with Crippen molar-refractivity contribution >= 4 is 10.9 Å². The molecule has 32 heavy (non-hydrogen) atoms. The summed E-state index contributed by atoms with van der Waals surface area (Å²) in [7, 11) is 5.79. The fraction of sp³-hybridized carbons (Fsp3) is 0.385. The number of benzene rings is 1. The highest BCUT2D eigenvalue weighted by Gasteiger charge is 2.24. The number of piperidine rings is 1. The van der Waals surface area contributed by atoms with E-state index in [1.165, 1.54) is 40.6 Å². The van der Waals surface area contributed by atoms with E-state index in [0.29, 0.717) is 5.92 Å². The molecule has 0 bridgehead atoms. The van der Waals surface area contributed by atoms with Gasteiger partial charge in [0.05, 0.1) is 18.8 Å². The van der Waals surface area contributed by atoms with E-state index in [-0.39, 0.29) is 0 Å². The van der Waals surface area contributed by atoms with Gasteiger partial charge in [-0.25, -0.2) is 0 Å². The Labute approximate surface area is 189 Å². The lowest BCUT2D eigenvalue weighted by molar-refractivity contribution is 0.199. The van der Waals surface area contributed by atoms with E-state index in [1.54, 1.807) is 7.11 Å². The van der Waals surface area contributed by atoms with E-state index >= 15 is 0 Å². The number of rotatable bonds is 5. The van der Waals surface area contributed by atoms with Crippen LogP contribution in [0.25, 0.3) is 22.0 Å². The number of likely N-dealkylation sites (tertiary alicyclic amines) is 1. The lowest BCUT2D eigenvalue weighted by Crippen LogP contribution is -2.34. The molecular formula is C26H31N5O. The van der Waals surface area contributed by atoms with Gasteiger partial charge in [0.15, 0.2) is 0 Å². The summed E-state index contributed by atoms with van der Waals surface area (Å²) in [5, 5.41) is 5.65. The minimum atomic E-state index is 0.453. The topological polar surface area (TPSA) is 48.1 Å². The molecule has 1 fully saturated rings. The number of hydrogen-bond donors (Lipinski definition) is 0. The largest absolute Gasteiger partial charge is 0.497 e. The molecule has 1 aliphatic rings. The maximum atomic E-state index is 5.42. The molecule has 6 heteroatoms. The summed E-state index contributed by atoms with van der Waals surface area (Å²) in [5.74, 6) is 1.35. The van der Waals surface area contributed by atoms with Crippen molar-refractivity contribution in [1.82, 2.24) is 24.2 Å². The Hall–Kier alpha value is -3.12. The maximum absolute atomic E-state index is 5.42. The number of aryl methyl sites for hydroxylation is 3. The summed E-state index contributed by atoms with van der Waals surface area (Å²) in [6.07, 6.45) is 8.65. The van der Waals surface area contributed by atoms with Gasteiger partial charge in [0, 0.05) is 73.9 Å². The third-order valence-electron chi connectivity index (χ3n) is 6.61. The normalized spacial score (nSPS) is 17.2. The Morgan fingerprint density at radius 3 is 2.75 bits per heavy atom. The standard InChI is InChI=1S/C26H31N5O/c1-18-10-20(21-13-27-30(3)15-21)11-25(28-18)19-6-5-9-31(16-19)17-22-14-29(2)26-12-23(32-4)7-8-24(22)26/h7-8,10-15,19H,5-6,9,16-17H2,1-4H3/t19-/m0/s1. The molecule has 1 aromatic carbocycles. The zero-order valence-electron chi connectivity index (χ0n) is 19.4. The summed E-state index contributed by atoms with van der Waals surface area (Å²) in [6, 6.07) is 10.8. The zero-order valence-corrected chi connectivity index (χ0v) is 19.4. The average molecular weight is 430 g/mol. The second kappa shape index (κ2) is 8.43. The Morgan fingerprint density at radius 2 is 1.97 bits per heavy atom. The molecule has 3 aromatic heterocycles. The number of hydrogen-bond acceptors (Lipinski definition) is 4. The molecule has 166 valence electrons.